The smallest absolute Gasteiger partial charge is 0.414 e. The van der Waals surface area contributed by atoms with Crippen LogP contribution in [0.5, 0.6) is 0 Å². The third-order valence-corrected chi connectivity index (χ3v) is 5.43. The van der Waals surface area contributed by atoms with Gasteiger partial charge in [0.15, 0.2) is 0 Å². The molecule has 1 amide bonds. The van der Waals surface area contributed by atoms with Crippen LogP contribution in [0.4, 0.5) is 14.9 Å². The molecule has 5 rings (SSSR count). The molecule has 0 N–H and O–H groups in total. The number of halogens is 1. The molecule has 3 aromatic rings. The maximum absolute atomic E-state index is 14.9. The first-order valence-corrected chi connectivity index (χ1v) is 10.2. The zero-order chi connectivity index (χ0) is 22.1. The quantitative estimate of drug-likeness (QED) is 0.590. The van der Waals surface area contributed by atoms with Gasteiger partial charge in [-0.2, -0.15) is 0 Å². The first-order valence-electron chi connectivity index (χ1n) is 10.2. The molecule has 1 radical (unpaired) electrons. The van der Waals surface area contributed by atoms with Gasteiger partial charge in [-0.25, -0.2) is 13.9 Å². The lowest BCUT2D eigenvalue weighted by molar-refractivity contribution is 0.0874. The van der Waals surface area contributed by atoms with Crippen molar-refractivity contribution in [1.82, 2.24) is 20.0 Å². The number of cyclic esters (lactones) is 1. The Hall–Kier alpha value is -3.82. The predicted octanol–water partition coefficient (Wildman–Crippen LogP) is 3.22. The molecular weight excluding hydrogens is 415 g/mol. The van der Waals surface area contributed by atoms with Crippen molar-refractivity contribution in [3.8, 4) is 11.1 Å². The number of rotatable bonds is 6. The summed E-state index contributed by atoms with van der Waals surface area (Å²) in [6.45, 7) is 4.50. The topological polar surface area (TPSA) is 94.7 Å². The van der Waals surface area contributed by atoms with E-state index in [1.54, 1.807) is 47.5 Å². The summed E-state index contributed by atoms with van der Waals surface area (Å²) in [6, 6.07) is 8.24. The van der Waals surface area contributed by atoms with Crippen molar-refractivity contribution < 1.29 is 18.8 Å². The molecule has 163 valence electrons. The van der Waals surface area contributed by atoms with Crippen LogP contribution in [-0.2, 0) is 16.1 Å². The molecule has 2 aliphatic rings. The van der Waals surface area contributed by atoms with Crippen LogP contribution in [0.25, 0.3) is 11.1 Å². The summed E-state index contributed by atoms with van der Waals surface area (Å²) in [6.07, 6.45) is 5.20. The molecule has 0 unspecified atom stereocenters. The largest absolute Gasteiger partial charge is 0.442 e. The number of carbonyl (C=O) groups is 1. The van der Waals surface area contributed by atoms with Gasteiger partial charge in [-0.15, -0.1) is 5.10 Å². The molecule has 0 aliphatic carbocycles. The van der Waals surface area contributed by atoms with Crippen LogP contribution >= 0.6 is 0 Å². The van der Waals surface area contributed by atoms with Crippen LogP contribution in [0.2, 0.25) is 0 Å². The first-order chi connectivity index (χ1) is 15.6. The summed E-state index contributed by atoms with van der Waals surface area (Å²) in [5, 5.41) is 11.7. The van der Waals surface area contributed by atoms with Crippen LogP contribution in [0.3, 0.4) is 0 Å². The van der Waals surface area contributed by atoms with Crippen molar-refractivity contribution in [3.63, 3.8) is 0 Å². The molecule has 10 heteroatoms. The summed E-state index contributed by atoms with van der Waals surface area (Å²) in [4.78, 5) is 23.4. The zero-order valence-electron chi connectivity index (χ0n) is 17.1. The fourth-order valence-corrected chi connectivity index (χ4v) is 3.73. The Labute approximate surface area is 183 Å². The second kappa shape index (κ2) is 8.37. The van der Waals surface area contributed by atoms with E-state index in [1.807, 2.05) is 0 Å². The highest BCUT2D eigenvalue weighted by Crippen LogP contribution is 2.29. The van der Waals surface area contributed by atoms with Crippen molar-refractivity contribution in [1.29, 1.82) is 0 Å². The molecule has 2 aromatic heterocycles. The van der Waals surface area contributed by atoms with E-state index < -0.39 is 18.0 Å². The third-order valence-electron chi connectivity index (χ3n) is 5.43. The Morgan fingerprint density at radius 3 is 2.81 bits per heavy atom. The second-order valence-corrected chi connectivity index (χ2v) is 7.60. The molecule has 9 nitrogen and oxygen atoms in total. The monoisotopic (exact) mass is 435 g/mol. The lowest BCUT2D eigenvalue weighted by Gasteiger charge is -2.14. The fraction of sp³-hybridized carbons (Fsp3) is 0.273. The van der Waals surface area contributed by atoms with E-state index in [2.05, 4.69) is 27.4 Å². The number of carbonyl (C=O) groups excluding carboxylic acids is 1. The second-order valence-electron chi connectivity index (χ2n) is 7.60. The summed E-state index contributed by atoms with van der Waals surface area (Å²) in [7, 11) is 0. The van der Waals surface area contributed by atoms with Gasteiger partial charge in [0.05, 0.1) is 30.7 Å². The molecule has 4 heterocycles. The normalized spacial score (nSPS) is 20.2. The number of hydrogen-bond donors (Lipinski definition) is 0. The van der Waals surface area contributed by atoms with Gasteiger partial charge in [0.25, 0.3) is 0 Å². The Kier molecular flexibility index (Phi) is 5.26. The number of amides is 1. The molecule has 0 saturated carbocycles. The highest BCUT2D eigenvalue weighted by molar-refractivity contribution is 5.99. The summed E-state index contributed by atoms with van der Waals surface area (Å²) < 4.78 is 21.9. The van der Waals surface area contributed by atoms with E-state index in [9.17, 15) is 9.18 Å². The van der Waals surface area contributed by atoms with Crippen molar-refractivity contribution in [2.75, 3.05) is 11.4 Å². The van der Waals surface area contributed by atoms with E-state index >= 15 is 0 Å². The average Bonchev–Trinajstić information content (AvgIpc) is 3.56. The minimum Gasteiger partial charge on any atom is -0.442 e. The van der Waals surface area contributed by atoms with Crippen molar-refractivity contribution >= 4 is 17.5 Å². The molecular formula is C22H20FN6O3. The first kappa shape index (κ1) is 20.1. The van der Waals surface area contributed by atoms with Crippen LogP contribution in [0.1, 0.15) is 18.5 Å². The average molecular weight is 435 g/mol. The minimum atomic E-state index is -0.520. The maximum atomic E-state index is 14.9. The molecule has 1 aromatic carbocycles. The summed E-state index contributed by atoms with van der Waals surface area (Å²) in [5.74, 6) is -0.455. The Balaban J connectivity index is 1.30. The van der Waals surface area contributed by atoms with E-state index in [4.69, 9.17) is 9.57 Å². The number of hydrogen-bond acceptors (Lipinski definition) is 7. The van der Waals surface area contributed by atoms with Crippen molar-refractivity contribution in [2.45, 2.75) is 31.6 Å². The van der Waals surface area contributed by atoms with E-state index in [1.165, 1.54) is 11.0 Å². The number of oxime groups is 1. The van der Waals surface area contributed by atoms with Crippen LogP contribution < -0.4 is 4.90 Å². The van der Waals surface area contributed by atoms with Gasteiger partial charge >= 0.3 is 6.09 Å². The summed E-state index contributed by atoms with van der Waals surface area (Å²) in [5.41, 5.74) is 2.89. The van der Waals surface area contributed by atoms with Gasteiger partial charge in [-0.05, 0) is 37.6 Å². The van der Waals surface area contributed by atoms with E-state index in [-0.39, 0.29) is 6.10 Å². The van der Waals surface area contributed by atoms with Crippen molar-refractivity contribution in [3.05, 3.63) is 67.4 Å². The fourth-order valence-electron chi connectivity index (χ4n) is 3.73. The van der Waals surface area contributed by atoms with Gasteiger partial charge in [0.1, 0.15) is 23.7 Å². The number of ether oxygens (including phenoxy) is 1. The van der Waals surface area contributed by atoms with Crippen LogP contribution in [-0.4, -0.2) is 50.5 Å². The van der Waals surface area contributed by atoms with Gasteiger partial charge in [0, 0.05) is 29.9 Å². The van der Waals surface area contributed by atoms with Crippen molar-refractivity contribution in [2.24, 2.45) is 5.16 Å². The third kappa shape index (κ3) is 3.91. The molecule has 1 saturated heterocycles. The predicted molar refractivity (Wildman–Crippen MR) is 113 cm³/mol. The molecule has 0 spiro atoms. The maximum Gasteiger partial charge on any atom is 0.414 e. The number of anilines is 1. The Morgan fingerprint density at radius 1 is 1.22 bits per heavy atom. The number of nitrogens with zero attached hydrogens (tertiary/aromatic N) is 6. The molecule has 1 fully saturated rings. The lowest BCUT2D eigenvalue weighted by Crippen LogP contribution is -2.26. The highest BCUT2D eigenvalue weighted by atomic mass is 19.1. The van der Waals surface area contributed by atoms with Gasteiger partial charge < -0.3 is 9.57 Å². The standard InChI is InChI=1S/C22H20FN6O3/c1-2-16-10-21(26-32-16)20-6-3-14(11-24-20)18-5-4-15(9-19(18)23)29-13-17(31-22(29)30)12-28-8-7-25-27-28/h3-9,11,16-17H,1-2,10,12-13H2/t16-,17-/m0/s1. The number of benzene rings is 1. The van der Waals surface area contributed by atoms with Crippen LogP contribution in [0, 0.1) is 12.7 Å². The summed E-state index contributed by atoms with van der Waals surface area (Å²) >= 11 is 0. The number of pyridine rings is 1. The van der Waals surface area contributed by atoms with Gasteiger partial charge in [-0.3, -0.25) is 9.88 Å². The van der Waals surface area contributed by atoms with Crippen LogP contribution in [0.15, 0.2) is 54.1 Å². The van der Waals surface area contributed by atoms with E-state index in [0.29, 0.717) is 48.4 Å². The SMILES string of the molecule is [CH2]C[C@H]1CC(c2ccc(-c3ccc(N4C[C@H](Cn5ccnn5)OC4=O)cc3F)cn2)=NO1. The zero-order valence-corrected chi connectivity index (χ0v) is 17.1. The van der Waals surface area contributed by atoms with Gasteiger partial charge in [0.2, 0.25) is 0 Å². The molecule has 2 atom stereocenters. The molecule has 0 bridgehead atoms. The molecule has 32 heavy (non-hydrogen) atoms. The van der Waals surface area contributed by atoms with Gasteiger partial charge in [-0.1, -0.05) is 16.4 Å². The highest BCUT2D eigenvalue weighted by Gasteiger charge is 2.33. The Morgan fingerprint density at radius 2 is 2.12 bits per heavy atom. The lowest BCUT2D eigenvalue weighted by atomic mass is 10.0. The minimum absolute atomic E-state index is 0.0236. The Bertz CT molecular complexity index is 1150. The number of aromatic nitrogens is 4. The van der Waals surface area contributed by atoms with E-state index in [0.717, 1.165) is 5.71 Å². The molecule has 2 aliphatic heterocycles.